The Morgan fingerprint density at radius 2 is 1.79 bits per heavy atom. The first kappa shape index (κ1) is 12.1. The Labute approximate surface area is 116 Å². The number of rotatable bonds is 3. The van der Waals surface area contributed by atoms with Crippen molar-refractivity contribution in [3.05, 3.63) is 51.8 Å². The van der Waals surface area contributed by atoms with E-state index in [1.165, 1.54) is 10.4 Å². The summed E-state index contributed by atoms with van der Waals surface area (Å²) in [6, 6.07) is 10.1. The lowest BCUT2D eigenvalue weighted by Gasteiger charge is -2.09. The maximum atomic E-state index is 4.63. The third-order valence-electron chi connectivity index (χ3n) is 3.13. The van der Waals surface area contributed by atoms with Crippen LogP contribution in [-0.2, 0) is 6.54 Å². The minimum absolute atomic E-state index is 0.803. The minimum atomic E-state index is 0.803. The van der Waals surface area contributed by atoms with Crippen LogP contribution in [0.5, 0.6) is 0 Å². The molecule has 0 saturated heterocycles. The van der Waals surface area contributed by atoms with Gasteiger partial charge in [0.25, 0.3) is 0 Å². The van der Waals surface area contributed by atoms with Gasteiger partial charge in [0.05, 0.1) is 23.3 Å². The largest absolute Gasteiger partial charge is 0.364 e. The summed E-state index contributed by atoms with van der Waals surface area (Å²) < 4.78 is 0. The van der Waals surface area contributed by atoms with E-state index in [9.17, 15) is 0 Å². The molecule has 0 fully saturated rings. The highest BCUT2D eigenvalue weighted by atomic mass is 32.1. The summed E-state index contributed by atoms with van der Waals surface area (Å²) in [6.45, 7) is 4.92. The van der Waals surface area contributed by atoms with Crippen LogP contribution in [0, 0.1) is 13.8 Å². The van der Waals surface area contributed by atoms with Crippen LogP contribution in [0.25, 0.3) is 11.0 Å². The molecule has 0 spiro atoms. The van der Waals surface area contributed by atoms with Crippen molar-refractivity contribution in [1.29, 1.82) is 0 Å². The van der Waals surface area contributed by atoms with Crippen molar-refractivity contribution in [2.45, 2.75) is 20.4 Å². The number of aromatic nitrogens is 2. The number of anilines is 1. The fraction of sp³-hybridized carbons (Fsp3) is 0.200. The van der Waals surface area contributed by atoms with Crippen LogP contribution < -0.4 is 5.32 Å². The van der Waals surface area contributed by atoms with Gasteiger partial charge in [-0.2, -0.15) is 0 Å². The summed E-state index contributed by atoms with van der Waals surface area (Å²) in [6.07, 6.45) is 0. The van der Waals surface area contributed by atoms with Gasteiger partial charge in [-0.05, 0) is 43.0 Å². The van der Waals surface area contributed by atoms with E-state index >= 15 is 0 Å². The standard InChI is InChI=1S/C15H15N3S/c1-10-7-8-19-14(10)9-16-15-11(2)17-12-5-3-4-6-13(12)18-15/h3-8H,9H2,1-2H3,(H,16,18). The predicted octanol–water partition coefficient (Wildman–Crippen LogP) is 3.92. The van der Waals surface area contributed by atoms with Gasteiger partial charge < -0.3 is 5.32 Å². The van der Waals surface area contributed by atoms with Crippen LogP contribution in [0.15, 0.2) is 35.7 Å². The molecular formula is C15H15N3S. The van der Waals surface area contributed by atoms with Crippen LogP contribution in [0.4, 0.5) is 5.82 Å². The van der Waals surface area contributed by atoms with Gasteiger partial charge in [0.2, 0.25) is 0 Å². The third kappa shape index (κ3) is 2.44. The van der Waals surface area contributed by atoms with Crippen LogP contribution >= 0.6 is 11.3 Å². The van der Waals surface area contributed by atoms with E-state index in [-0.39, 0.29) is 0 Å². The second kappa shape index (κ2) is 4.97. The first-order chi connectivity index (χ1) is 9.24. The fourth-order valence-electron chi connectivity index (χ4n) is 2.00. The fourth-order valence-corrected chi connectivity index (χ4v) is 2.85. The molecule has 1 N–H and O–H groups in total. The monoisotopic (exact) mass is 269 g/mol. The average molecular weight is 269 g/mol. The second-order valence-corrected chi connectivity index (χ2v) is 5.53. The van der Waals surface area contributed by atoms with Gasteiger partial charge in [-0.15, -0.1) is 11.3 Å². The SMILES string of the molecule is Cc1ccsc1CNc1nc2ccccc2nc1C. The smallest absolute Gasteiger partial charge is 0.148 e. The molecule has 2 aromatic heterocycles. The lowest BCUT2D eigenvalue weighted by molar-refractivity contribution is 1.09. The van der Waals surface area contributed by atoms with Crippen molar-refractivity contribution in [2.75, 3.05) is 5.32 Å². The molecule has 3 rings (SSSR count). The number of nitrogens with zero attached hydrogens (tertiary/aromatic N) is 2. The van der Waals surface area contributed by atoms with Crippen molar-refractivity contribution in [3.8, 4) is 0 Å². The molecule has 0 amide bonds. The normalized spacial score (nSPS) is 10.8. The quantitative estimate of drug-likeness (QED) is 0.783. The van der Waals surface area contributed by atoms with Gasteiger partial charge in [-0.25, -0.2) is 9.97 Å². The molecule has 0 bridgehead atoms. The maximum absolute atomic E-state index is 4.63. The Bertz CT molecular complexity index is 718. The Hall–Kier alpha value is -1.94. The summed E-state index contributed by atoms with van der Waals surface area (Å²) >= 11 is 1.77. The van der Waals surface area contributed by atoms with Crippen LogP contribution in [0.1, 0.15) is 16.1 Å². The highest BCUT2D eigenvalue weighted by Crippen LogP contribution is 2.20. The zero-order valence-corrected chi connectivity index (χ0v) is 11.8. The van der Waals surface area contributed by atoms with Crippen molar-refractivity contribution in [1.82, 2.24) is 9.97 Å². The highest BCUT2D eigenvalue weighted by molar-refractivity contribution is 7.10. The molecule has 0 aliphatic rings. The lowest BCUT2D eigenvalue weighted by atomic mass is 10.2. The van der Waals surface area contributed by atoms with Gasteiger partial charge in [-0.3, -0.25) is 0 Å². The number of benzene rings is 1. The summed E-state index contributed by atoms with van der Waals surface area (Å²) in [4.78, 5) is 10.6. The van der Waals surface area contributed by atoms with Gasteiger partial charge in [0, 0.05) is 4.88 Å². The van der Waals surface area contributed by atoms with E-state index in [1.54, 1.807) is 11.3 Å². The maximum Gasteiger partial charge on any atom is 0.148 e. The number of fused-ring (bicyclic) bond motifs is 1. The number of hydrogen-bond acceptors (Lipinski definition) is 4. The van der Waals surface area contributed by atoms with E-state index in [0.717, 1.165) is 29.1 Å². The number of hydrogen-bond donors (Lipinski definition) is 1. The Kier molecular flexibility index (Phi) is 3.17. The van der Waals surface area contributed by atoms with E-state index < -0.39 is 0 Å². The molecule has 0 saturated carbocycles. The highest BCUT2D eigenvalue weighted by Gasteiger charge is 2.06. The van der Waals surface area contributed by atoms with E-state index in [0.29, 0.717) is 0 Å². The van der Waals surface area contributed by atoms with Crippen molar-refractivity contribution >= 4 is 28.2 Å². The van der Waals surface area contributed by atoms with E-state index in [4.69, 9.17) is 0 Å². The van der Waals surface area contributed by atoms with Crippen LogP contribution in [0.2, 0.25) is 0 Å². The zero-order valence-electron chi connectivity index (χ0n) is 11.0. The zero-order chi connectivity index (χ0) is 13.2. The van der Waals surface area contributed by atoms with Gasteiger partial charge in [-0.1, -0.05) is 12.1 Å². The summed E-state index contributed by atoms with van der Waals surface area (Å²) in [5.41, 5.74) is 4.13. The Morgan fingerprint density at radius 3 is 2.47 bits per heavy atom. The van der Waals surface area contributed by atoms with Crippen molar-refractivity contribution in [3.63, 3.8) is 0 Å². The molecule has 0 atom stereocenters. The van der Waals surface area contributed by atoms with Gasteiger partial charge >= 0.3 is 0 Å². The molecular weight excluding hydrogens is 254 g/mol. The number of para-hydroxylation sites is 2. The molecule has 0 unspecified atom stereocenters. The first-order valence-electron chi connectivity index (χ1n) is 6.24. The molecule has 0 radical (unpaired) electrons. The summed E-state index contributed by atoms with van der Waals surface area (Å²) in [5, 5.41) is 5.50. The molecule has 4 heteroatoms. The van der Waals surface area contributed by atoms with Gasteiger partial charge in [0.15, 0.2) is 0 Å². The van der Waals surface area contributed by atoms with Gasteiger partial charge in [0.1, 0.15) is 5.82 Å². The predicted molar refractivity (Wildman–Crippen MR) is 80.7 cm³/mol. The molecule has 3 aromatic rings. The average Bonchev–Trinajstić information content (AvgIpc) is 2.82. The van der Waals surface area contributed by atoms with Crippen LogP contribution in [0.3, 0.4) is 0 Å². The molecule has 1 aromatic carbocycles. The Balaban J connectivity index is 1.88. The molecule has 96 valence electrons. The minimum Gasteiger partial charge on any atom is -0.364 e. The number of nitrogens with one attached hydrogen (secondary N) is 1. The first-order valence-corrected chi connectivity index (χ1v) is 7.12. The summed E-state index contributed by atoms with van der Waals surface area (Å²) in [7, 11) is 0. The molecule has 0 aliphatic carbocycles. The molecule has 19 heavy (non-hydrogen) atoms. The lowest BCUT2D eigenvalue weighted by Crippen LogP contribution is -2.04. The molecule has 2 heterocycles. The summed E-state index contributed by atoms with van der Waals surface area (Å²) in [5.74, 6) is 0.867. The van der Waals surface area contributed by atoms with Crippen LogP contribution in [-0.4, -0.2) is 9.97 Å². The molecule has 3 nitrogen and oxygen atoms in total. The van der Waals surface area contributed by atoms with E-state index in [1.807, 2.05) is 31.2 Å². The number of thiophene rings is 1. The molecule has 0 aliphatic heterocycles. The van der Waals surface area contributed by atoms with Crippen molar-refractivity contribution in [2.24, 2.45) is 0 Å². The Morgan fingerprint density at radius 1 is 1.05 bits per heavy atom. The second-order valence-electron chi connectivity index (χ2n) is 4.53. The third-order valence-corrected chi connectivity index (χ3v) is 4.15. The van der Waals surface area contributed by atoms with Crippen molar-refractivity contribution < 1.29 is 0 Å². The number of aryl methyl sites for hydroxylation is 2. The topological polar surface area (TPSA) is 37.8 Å². The van der Waals surface area contributed by atoms with E-state index in [2.05, 4.69) is 33.7 Å².